The Balaban J connectivity index is 2.35. The van der Waals surface area contributed by atoms with Gasteiger partial charge < -0.3 is 4.98 Å². The predicted octanol–water partition coefficient (Wildman–Crippen LogP) is 3.54. The number of aromatic amines is 1. The van der Waals surface area contributed by atoms with Gasteiger partial charge in [0.2, 0.25) is 0 Å². The lowest BCUT2D eigenvalue weighted by atomic mass is 10.4. The maximum atomic E-state index is 11.4. The normalized spacial score (nSPS) is 10.5. The van der Waals surface area contributed by atoms with Crippen molar-refractivity contribution in [1.82, 2.24) is 9.97 Å². The fourth-order valence-electron chi connectivity index (χ4n) is 1.18. The van der Waals surface area contributed by atoms with Gasteiger partial charge in [0.05, 0.1) is 21.3 Å². The van der Waals surface area contributed by atoms with Crippen LogP contribution >= 0.6 is 35.0 Å². The summed E-state index contributed by atoms with van der Waals surface area (Å²) < 4.78 is 0. The van der Waals surface area contributed by atoms with Crippen molar-refractivity contribution < 1.29 is 0 Å². The molecule has 0 amide bonds. The van der Waals surface area contributed by atoms with E-state index in [0.717, 1.165) is 4.90 Å². The standard InChI is InChI=1S/C11H8Cl2N2OS/c1-6-11(16)15-9(5-14-6)17-8-4-2-3-7(12)10(8)13/h2-5H,1H3,(H,15,16). The molecule has 0 saturated carbocycles. The van der Waals surface area contributed by atoms with Crippen molar-refractivity contribution >= 4 is 35.0 Å². The molecule has 0 atom stereocenters. The van der Waals surface area contributed by atoms with E-state index >= 15 is 0 Å². The highest BCUT2D eigenvalue weighted by Crippen LogP contribution is 2.35. The maximum absolute atomic E-state index is 11.4. The van der Waals surface area contributed by atoms with E-state index in [4.69, 9.17) is 23.2 Å². The average Bonchev–Trinajstić information content (AvgIpc) is 2.30. The van der Waals surface area contributed by atoms with Crippen LogP contribution in [0, 0.1) is 6.92 Å². The Kier molecular flexibility index (Phi) is 3.76. The van der Waals surface area contributed by atoms with E-state index in [9.17, 15) is 4.79 Å². The molecule has 0 fully saturated rings. The van der Waals surface area contributed by atoms with Crippen molar-refractivity contribution in [3.8, 4) is 0 Å². The van der Waals surface area contributed by atoms with Gasteiger partial charge in [-0.25, -0.2) is 0 Å². The number of nitrogens with zero attached hydrogens (tertiary/aromatic N) is 1. The fraction of sp³-hybridized carbons (Fsp3) is 0.0909. The zero-order valence-corrected chi connectivity index (χ0v) is 11.2. The molecule has 0 bridgehead atoms. The molecular weight excluding hydrogens is 279 g/mol. The molecule has 0 saturated heterocycles. The number of aryl methyl sites for hydroxylation is 1. The molecule has 0 unspecified atom stereocenters. The molecule has 0 aliphatic carbocycles. The zero-order chi connectivity index (χ0) is 12.4. The smallest absolute Gasteiger partial charge is 0.270 e. The Morgan fingerprint density at radius 3 is 2.82 bits per heavy atom. The third-order valence-electron chi connectivity index (χ3n) is 2.08. The topological polar surface area (TPSA) is 45.8 Å². The van der Waals surface area contributed by atoms with Crippen LogP contribution in [0.4, 0.5) is 0 Å². The van der Waals surface area contributed by atoms with Gasteiger partial charge in [-0.2, -0.15) is 0 Å². The second kappa shape index (κ2) is 5.12. The molecule has 3 nitrogen and oxygen atoms in total. The molecule has 2 aromatic rings. The van der Waals surface area contributed by atoms with Gasteiger partial charge in [0.15, 0.2) is 0 Å². The SMILES string of the molecule is Cc1ncc(Sc2cccc(Cl)c2Cl)[nH]c1=O. The molecule has 1 aromatic carbocycles. The molecule has 0 aliphatic rings. The van der Waals surface area contributed by atoms with Crippen LogP contribution in [0.3, 0.4) is 0 Å². The van der Waals surface area contributed by atoms with Crippen LogP contribution in [0.5, 0.6) is 0 Å². The van der Waals surface area contributed by atoms with Gasteiger partial charge in [-0.3, -0.25) is 9.78 Å². The van der Waals surface area contributed by atoms with Gasteiger partial charge in [0.25, 0.3) is 5.56 Å². The summed E-state index contributed by atoms with van der Waals surface area (Å²) in [6.07, 6.45) is 1.60. The predicted molar refractivity (Wildman–Crippen MR) is 70.2 cm³/mol. The highest BCUT2D eigenvalue weighted by molar-refractivity contribution is 7.99. The zero-order valence-electron chi connectivity index (χ0n) is 8.83. The van der Waals surface area contributed by atoms with Gasteiger partial charge in [0.1, 0.15) is 5.69 Å². The van der Waals surface area contributed by atoms with E-state index in [2.05, 4.69) is 9.97 Å². The number of halogens is 2. The maximum Gasteiger partial charge on any atom is 0.270 e. The van der Waals surface area contributed by atoms with Crippen molar-refractivity contribution in [2.45, 2.75) is 16.8 Å². The molecular formula is C11H8Cl2N2OS. The molecule has 88 valence electrons. The first-order valence-corrected chi connectivity index (χ1v) is 6.33. The molecule has 17 heavy (non-hydrogen) atoms. The number of benzene rings is 1. The Bertz CT molecular complexity index is 613. The molecule has 0 aliphatic heterocycles. The third-order valence-corrected chi connectivity index (χ3v) is 4.00. The first kappa shape index (κ1) is 12.5. The van der Waals surface area contributed by atoms with E-state index < -0.39 is 0 Å². The van der Waals surface area contributed by atoms with Crippen molar-refractivity contribution in [2.75, 3.05) is 0 Å². The third kappa shape index (κ3) is 2.83. The van der Waals surface area contributed by atoms with E-state index in [1.165, 1.54) is 11.8 Å². The van der Waals surface area contributed by atoms with Crippen LogP contribution in [0.1, 0.15) is 5.69 Å². The summed E-state index contributed by atoms with van der Waals surface area (Å²) in [6, 6.07) is 5.34. The Labute approximate surface area is 112 Å². The lowest BCUT2D eigenvalue weighted by molar-refractivity contribution is 0.964. The van der Waals surface area contributed by atoms with E-state index in [1.54, 1.807) is 25.3 Å². The van der Waals surface area contributed by atoms with Crippen LogP contribution in [-0.2, 0) is 0 Å². The van der Waals surface area contributed by atoms with Crippen LogP contribution in [-0.4, -0.2) is 9.97 Å². The summed E-state index contributed by atoms with van der Waals surface area (Å²) in [6.45, 7) is 1.65. The van der Waals surface area contributed by atoms with E-state index in [1.807, 2.05) is 6.07 Å². The van der Waals surface area contributed by atoms with Crippen LogP contribution in [0.15, 0.2) is 39.1 Å². The monoisotopic (exact) mass is 286 g/mol. The van der Waals surface area contributed by atoms with Crippen molar-refractivity contribution in [1.29, 1.82) is 0 Å². The number of hydrogen-bond acceptors (Lipinski definition) is 3. The van der Waals surface area contributed by atoms with E-state index in [0.29, 0.717) is 20.8 Å². The Morgan fingerprint density at radius 1 is 1.35 bits per heavy atom. The number of H-pyrrole nitrogens is 1. The second-order valence-electron chi connectivity index (χ2n) is 3.32. The summed E-state index contributed by atoms with van der Waals surface area (Å²) in [5.74, 6) is 0. The minimum absolute atomic E-state index is 0.201. The highest BCUT2D eigenvalue weighted by atomic mass is 35.5. The van der Waals surface area contributed by atoms with Crippen LogP contribution in [0.2, 0.25) is 10.0 Å². The van der Waals surface area contributed by atoms with Crippen molar-refractivity contribution in [2.24, 2.45) is 0 Å². The summed E-state index contributed by atoms with van der Waals surface area (Å²) >= 11 is 13.3. The van der Waals surface area contributed by atoms with E-state index in [-0.39, 0.29) is 5.56 Å². The molecule has 1 heterocycles. The summed E-state index contributed by atoms with van der Waals surface area (Å²) in [7, 11) is 0. The molecule has 2 rings (SSSR count). The molecule has 0 spiro atoms. The van der Waals surface area contributed by atoms with Crippen molar-refractivity contribution in [3.63, 3.8) is 0 Å². The first-order chi connectivity index (χ1) is 8.08. The number of nitrogens with one attached hydrogen (secondary N) is 1. The second-order valence-corrected chi connectivity index (χ2v) is 5.18. The van der Waals surface area contributed by atoms with Gasteiger partial charge in [0, 0.05) is 4.90 Å². The molecule has 1 aromatic heterocycles. The summed E-state index contributed by atoms with van der Waals surface area (Å²) in [4.78, 5) is 18.9. The molecule has 6 heteroatoms. The quantitative estimate of drug-likeness (QED) is 0.919. The number of aromatic nitrogens is 2. The van der Waals surface area contributed by atoms with Crippen LogP contribution < -0.4 is 5.56 Å². The first-order valence-electron chi connectivity index (χ1n) is 4.75. The van der Waals surface area contributed by atoms with Crippen LogP contribution in [0.25, 0.3) is 0 Å². The average molecular weight is 287 g/mol. The lowest BCUT2D eigenvalue weighted by Gasteiger charge is -2.04. The minimum Gasteiger partial charge on any atom is -0.314 e. The number of hydrogen-bond donors (Lipinski definition) is 1. The molecule has 1 N–H and O–H groups in total. The lowest BCUT2D eigenvalue weighted by Crippen LogP contribution is -2.11. The Hall–Kier alpha value is -0.970. The summed E-state index contributed by atoms with van der Waals surface area (Å²) in [5.41, 5.74) is 0.236. The van der Waals surface area contributed by atoms with Gasteiger partial charge in [-0.15, -0.1) is 0 Å². The van der Waals surface area contributed by atoms with Gasteiger partial charge >= 0.3 is 0 Å². The van der Waals surface area contributed by atoms with Gasteiger partial charge in [-0.1, -0.05) is 41.0 Å². The largest absolute Gasteiger partial charge is 0.314 e. The molecule has 0 radical (unpaired) electrons. The Morgan fingerprint density at radius 2 is 2.12 bits per heavy atom. The fourth-order valence-corrected chi connectivity index (χ4v) is 2.49. The summed E-state index contributed by atoms with van der Waals surface area (Å²) in [5, 5.41) is 1.59. The minimum atomic E-state index is -0.201. The van der Waals surface area contributed by atoms with Crippen molar-refractivity contribution in [3.05, 3.63) is 50.5 Å². The van der Waals surface area contributed by atoms with Gasteiger partial charge in [-0.05, 0) is 19.1 Å². The highest BCUT2D eigenvalue weighted by Gasteiger charge is 2.07. The number of rotatable bonds is 2.